The number of pyridine rings is 1. The van der Waals surface area contributed by atoms with Crippen molar-refractivity contribution in [2.45, 2.75) is 25.7 Å². The smallest absolute Gasteiger partial charge is 0.254 e. The van der Waals surface area contributed by atoms with Crippen molar-refractivity contribution in [1.82, 2.24) is 9.88 Å². The summed E-state index contributed by atoms with van der Waals surface area (Å²) in [7, 11) is 1.70. The summed E-state index contributed by atoms with van der Waals surface area (Å²) < 4.78 is 5.05. The van der Waals surface area contributed by atoms with Gasteiger partial charge in [-0.15, -0.1) is 0 Å². The monoisotopic (exact) mass is 367 g/mol. The van der Waals surface area contributed by atoms with Crippen LogP contribution in [0.3, 0.4) is 0 Å². The molecule has 0 saturated carbocycles. The van der Waals surface area contributed by atoms with E-state index >= 15 is 0 Å². The number of carbonyl (C=O) groups is 1. The number of nitrogens with one attached hydrogen (secondary N) is 1. The topological polar surface area (TPSA) is 54.5 Å². The van der Waals surface area contributed by atoms with Crippen LogP contribution in [0.4, 0.5) is 5.82 Å². The van der Waals surface area contributed by atoms with Crippen LogP contribution in [-0.4, -0.2) is 49.1 Å². The van der Waals surface area contributed by atoms with Gasteiger partial charge in [0.25, 0.3) is 5.91 Å². The van der Waals surface area contributed by atoms with Crippen LogP contribution in [-0.2, 0) is 11.2 Å². The molecule has 0 bridgehead atoms. The van der Waals surface area contributed by atoms with Gasteiger partial charge in [-0.1, -0.05) is 30.3 Å². The van der Waals surface area contributed by atoms with Gasteiger partial charge in [0.2, 0.25) is 0 Å². The van der Waals surface area contributed by atoms with Crippen molar-refractivity contribution in [3.05, 3.63) is 59.8 Å². The van der Waals surface area contributed by atoms with Crippen LogP contribution >= 0.6 is 0 Å². The highest BCUT2D eigenvalue weighted by molar-refractivity contribution is 5.94. The number of carbonyl (C=O) groups excluding carboxylic acids is 1. The molecular weight excluding hydrogens is 338 g/mol. The predicted molar refractivity (Wildman–Crippen MR) is 108 cm³/mol. The normalized spacial score (nSPS) is 14.9. The molecule has 1 aliphatic rings. The van der Waals surface area contributed by atoms with Crippen LogP contribution < -0.4 is 5.32 Å². The summed E-state index contributed by atoms with van der Waals surface area (Å²) in [5.74, 6) is 1.51. The molecule has 0 atom stereocenters. The Morgan fingerprint density at radius 1 is 1.22 bits per heavy atom. The van der Waals surface area contributed by atoms with Crippen molar-refractivity contribution in [3.8, 4) is 0 Å². The van der Waals surface area contributed by atoms with Gasteiger partial charge in [-0.25, -0.2) is 4.98 Å². The minimum atomic E-state index is 0.107. The number of ether oxygens (including phenoxy) is 1. The van der Waals surface area contributed by atoms with E-state index in [2.05, 4.69) is 40.6 Å². The van der Waals surface area contributed by atoms with E-state index in [-0.39, 0.29) is 5.91 Å². The highest BCUT2D eigenvalue weighted by Crippen LogP contribution is 2.23. The number of aromatic nitrogens is 1. The number of piperidine rings is 1. The largest absolute Gasteiger partial charge is 0.385 e. The zero-order valence-corrected chi connectivity index (χ0v) is 16.1. The molecule has 2 heterocycles. The van der Waals surface area contributed by atoms with E-state index in [0.29, 0.717) is 18.1 Å². The molecule has 1 saturated heterocycles. The number of amides is 1. The standard InChI is InChI=1S/C22H29N3O2/c1-27-15-5-11-23-21-17-20(8-12-24-21)22(26)25-13-9-19(10-14-25)16-18-6-3-2-4-7-18/h2-4,6-8,12,17,19H,5,9-11,13-16H2,1H3,(H,23,24). The molecule has 1 aliphatic heterocycles. The van der Waals surface area contributed by atoms with E-state index in [1.165, 1.54) is 5.56 Å². The number of rotatable bonds is 8. The molecule has 5 heteroatoms. The number of methoxy groups -OCH3 is 1. The average Bonchev–Trinajstić information content (AvgIpc) is 2.72. The first-order chi connectivity index (χ1) is 13.3. The van der Waals surface area contributed by atoms with Gasteiger partial charge >= 0.3 is 0 Å². The molecule has 27 heavy (non-hydrogen) atoms. The summed E-state index contributed by atoms with van der Waals surface area (Å²) in [5, 5.41) is 3.25. The fourth-order valence-corrected chi connectivity index (χ4v) is 3.56. The number of hydrogen-bond acceptors (Lipinski definition) is 4. The number of hydrogen-bond donors (Lipinski definition) is 1. The second-order valence-electron chi connectivity index (χ2n) is 7.13. The molecule has 0 radical (unpaired) electrons. The van der Waals surface area contributed by atoms with Crippen molar-refractivity contribution in [2.75, 3.05) is 38.7 Å². The second kappa shape index (κ2) is 10.1. The molecule has 1 aromatic heterocycles. The maximum absolute atomic E-state index is 12.8. The maximum Gasteiger partial charge on any atom is 0.254 e. The van der Waals surface area contributed by atoms with Crippen LogP contribution in [0.2, 0.25) is 0 Å². The Hall–Kier alpha value is -2.40. The number of anilines is 1. The molecule has 2 aromatic rings. The Morgan fingerprint density at radius 3 is 2.74 bits per heavy atom. The number of nitrogens with zero attached hydrogens (tertiary/aromatic N) is 2. The zero-order valence-electron chi connectivity index (χ0n) is 16.1. The quantitative estimate of drug-likeness (QED) is 0.724. The fraction of sp³-hybridized carbons (Fsp3) is 0.455. The van der Waals surface area contributed by atoms with Crippen LogP contribution in [0.15, 0.2) is 48.7 Å². The van der Waals surface area contributed by atoms with E-state index in [9.17, 15) is 4.79 Å². The maximum atomic E-state index is 12.8. The first kappa shape index (κ1) is 19.4. The summed E-state index contributed by atoms with van der Waals surface area (Å²) in [4.78, 5) is 19.1. The summed E-state index contributed by atoms with van der Waals surface area (Å²) in [6.45, 7) is 3.15. The molecule has 1 N–H and O–H groups in total. The van der Waals surface area contributed by atoms with Gasteiger partial charge in [-0.05, 0) is 49.3 Å². The van der Waals surface area contributed by atoms with E-state index in [4.69, 9.17) is 4.74 Å². The van der Waals surface area contributed by atoms with E-state index < -0.39 is 0 Å². The highest BCUT2D eigenvalue weighted by atomic mass is 16.5. The Labute approximate surface area is 161 Å². The lowest BCUT2D eigenvalue weighted by Gasteiger charge is -2.32. The molecule has 1 fully saturated rings. The lowest BCUT2D eigenvalue weighted by atomic mass is 9.90. The van der Waals surface area contributed by atoms with Gasteiger partial charge in [-0.3, -0.25) is 4.79 Å². The first-order valence-electron chi connectivity index (χ1n) is 9.78. The van der Waals surface area contributed by atoms with Gasteiger partial charge in [0.15, 0.2) is 0 Å². The first-order valence-corrected chi connectivity index (χ1v) is 9.78. The average molecular weight is 367 g/mol. The minimum absolute atomic E-state index is 0.107. The third-order valence-electron chi connectivity index (χ3n) is 5.11. The van der Waals surface area contributed by atoms with Crippen LogP contribution in [0, 0.1) is 5.92 Å². The van der Waals surface area contributed by atoms with Gasteiger partial charge in [0, 0.05) is 45.1 Å². The lowest BCUT2D eigenvalue weighted by Crippen LogP contribution is -2.39. The molecule has 3 rings (SSSR count). The molecule has 1 aromatic carbocycles. The van der Waals surface area contributed by atoms with Crippen molar-refractivity contribution in [3.63, 3.8) is 0 Å². The molecule has 0 unspecified atom stereocenters. The zero-order chi connectivity index (χ0) is 18.9. The van der Waals surface area contributed by atoms with Crippen molar-refractivity contribution in [2.24, 2.45) is 5.92 Å². The highest BCUT2D eigenvalue weighted by Gasteiger charge is 2.24. The predicted octanol–water partition coefficient (Wildman–Crippen LogP) is 3.62. The van der Waals surface area contributed by atoms with Crippen LogP contribution in [0.25, 0.3) is 0 Å². The van der Waals surface area contributed by atoms with Gasteiger partial charge in [0.1, 0.15) is 5.82 Å². The van der Waals surface area contributed by atoms with E-state index in [0.717, 1.165) is 51.1 Å². The summed E-state index contributed by atoms with van der Waals surface area (Å²) in [5.41, 5.74) is 2.10. The Bertz CT molecular complexity index is 713. The van der Waals surface area contributed by atoms with E-state index in [1.54, 1.807) is 19.4 Å². The van der Waals surface area contributed by atoms with Crippen molar-refractivity contribution < 1.29 is 9.53 Å². The Kier molecular flexibility index (Phi) is 7.22. The molecule has 1 amide bonds. The fourth-order valence-electron chi connectivity index (χ4n) is 3.56. The third-order valence-corrected chi connectivity index (χ3v) is 5.11. The lowest BCUT2D eigenvalue weighted by molar-refractivity contribution is 0.0690. The van der Waals surface area contributed by atoms with Crippen molar-refractivity contribution in [1.29, 1.82) is 0 Å². The summed E-state index contributed by atoms with van der Waals surface area (Å²) >= 11 is 0. The van der Waals surface area contributed by atoms with Gasteiger partial charge in [0.05, 0.1) is 0 Å². The van der Waals surface area contributed by atoms with Gasteiger partial charge < -0.3 is 15.0 Å². The molecule has 0 spiro atoms. The number of likely N-dealkylation sites (tertiary alicyclic amines) is 1. The van der Waals surface area contributed by atoms with Gasteiger partial charge in [-0.2, -0.15) is 0 Å². The molecular formula is C22H29N3O2. The van der Waals surface area contributed by atoms with Crippen molar-refractivity contribution >= 4 is 11.7 Å². The Morgan fingerprint density at radius 2 is 2.00 bits per heavy atom. The summed E-state index contributed by atoms with van der Waals surface area (Å²) in [6, 6.07) is 14.3. The Balaban J connectivity index is 1.50. The van der Waals surface area contributed by atoms with Crippen LogP contribution in [0.5, 0.6) is 0 Å². The number of benzene rings is 1. The second-order valence-corrected chi connectivity index (χ2v) is 7.13. The van der Waals surface area contributed by atoms with Crippen LogP contribution in [0.1, 0.15) is 35.2 Å². The molecule has 144 valence electrons. The molecule has 5 nitrogen and oxygen atoms in total. The summed E-state index contributed by atoms with van der Waals surface area (Å²) in [6.07, 6.45) is 5.84. The van der Waals surface area contributed by atoms with E-state index in [1.807, 2.05) is 11.0 Å². The SMILES string of the molecule is COCCCNc1cc(C(=O)N2CCC(Cc3ccccc3)CC2)ccn1. The minimum Gasteiger partial charge on any atom is -0.385 e. The third kappa shape index (κ3) is 5.79. The molecule has 0 aliphatic carbocycles.